The number of methoxy groups -OCH3 is 1. The number of hydrogen-bond acceptors (Lipinski definition) is 9. The molecular weight excluding hydrogens is 668 g/mol. The summed E-state index contributed by atoms with van der Waals surface area (Å²) < 4.78 is 23.2. The predicted molar refractivity (Wildman–Crippen MR) is 207 cm³/mol. The molecule has 0 saturated carbocycles. The van der Waals surface area contributed by atoms with E-state index in [9.17, 15) is 4.79 Å². The fourth-order valence-electron chi connectivity index (χ4n) is 6.43. The highest BCUT2D eigenvalue weighted by atomic mass is 16.6. The minimum atomic E-state index is -0.497. The molecule has 6 rings (SSSR count). The van der Waals surface area contributed by atoms with Crippen molar-refractivity contribution >= 4 is 11.8 Å². The van der Waals surface area contributed by atoms with Gasteiger partial charge in [0, 0.05) is 62.3 Å². The average molecular weight is 719 g/mol. The highest BCUT2D eigenvalue weighted by molar-refractivity contribution is 5.82. The van der Waals surface area contributed by atoms with Crippen molar-refractivity contribution in [2.24, 2.45) is 5.16 Å². The smallest absolute Gasteiger partial charge is 0.407 e. The molecule has 0 spiro atoms. The third-order valence-electron chi connectivity index (χ3n) is 9.35. The van der Waals surface area contributed by atoms with E-state index < -0.39 is 18.3 Å². The van der Waals surface area contributed by atoms with Gasteiger partial charge in [0.15, 0.2) is 0 Å². The number of fused-ring (bicyclic) bond motifs is 1. The van der Waals surface area contributed by atoms with Crippen molar-refractivity contribution in [2.75, 3.05) is 40.0 Å². The Morgan fingerprint density at radius 3 is 2.45 bits per heavy atom. The maximum absolute atomic E-state index is 12.2. The molecule has 3 heterocycles. The summed E-state index contributed by atoms with van der Waals surface area (Å²) in [6.07, 6.45) is 5.41. The molecule has 3 aromatic carbocycles. The molecule has 1 amide bonds. The molecule has 3 atom stereocenters. The van der Waals surface area contributed by atoms with Crippen LogP contribution in [0.4, 0.5) is 4.79 Å². The van der Waals surface area contributed by atoms with Crippen LogP contribution >= 0.6 is 0 Å². The van der Waals surface area contributed by atoms with Crippen molar-refractivity contribution < 1.29 is 28.6 Å². The van der Waals surface area contributed by atoms with Crippen LogP contribution in [0.5, 0.6) is 11.5 Å². The molecule has 0 fully saturated rings. The molecule has 10 heteroatoms. The van der Waals surface area contributed by atoms with E-state index in [1.807, 2.05) is 62.4 Å². The van der Waals surface area contributed by atoms with Crippen LogP contribution in [-0.4, -0.2) is 80.0 Å². The van der Waals surface area contributed by atoms with Gasteiger partial charge in [-0.05, 0) is 60.9 Å². The number of hydrogen-bond donors (Lipinski definition) is 1. The lowest BCUT2D eigenvalue weighted by molar-refractivity contribution is -0.0808. The zero-order valence-electron chi connectivity index (χ0n) is 30.9. The minimum absolute atomic E-state index is 0.0497. The Labute approximate surface area is 312 Å². The van der Waals surface area contributed by atoms with Crippen LogP contribution in [-0.2, 0) is 27.3 Å². The zero-order valence-corrected chi connectivity index (χ0v) is 30.9. The highest BCUT2D eigenvalue weighted by Gasteiger charge is 2.30. The molecular formula is C43H50N4O6. The van der Waals surface area contributed by atoms with Gasteiger partial charge in [0.1, 0.15) is 36.9 Å². The van der Waals surface area contributed by atoms with E-state index in [2.05, 4.69) is 70.0 Å². The first-order valence-corrected chi connectivity index (χ1v) is 18.6. The molecule has 2 aliphatic heterocycles. The SMILES string of the molecule is CCCNC(=O)OC[C@H]1O[C@H](CCON=C(C)CCN2CCc3nc(-c4ccccc4)c(-c4ccccc4)cc3C2)C=C[C@@H]1Oc1ccc(OC)cc1. The van der Waals surface area contributed by atoms with Crippen molar-refractivity contribution in [1.82, 2.24) is 15.2 Å². The van der Waals surface area contributed by atoms with Crippen molar-refractivity contribution in [3.05, 3.63) is 114 Å². The van der Waals surface area contributed by atoms with Gasteiger partial charge < -0.3 is 29.1 Å². The lowest BCUT2D eigenvalue weighted by atomic mass is 9.94. The monoisotopic (exact) mass is 718 g/mol. The molecule has 2 aliphatic rings. The topological polar surface area (TPSA) is 104 Å². The molecule has 4 aromatic rings. The van der Waals surface area contributed by atoms with E-state index in [1.165, 1.54) is 16.8 Å². The van der Waals surface area contributed by atoms with Crippen molar-refractivity contribution in [3.63, 3.8) is 0 Å². The number of amides is 1. The van der Waals surface area contributed by atoms with E-state index in [0.29, 0.717) is 25.3 Å². The fourth-order valence-corrected chi connectivity index (χ4v) is 6.43. The van der Waals surface area contributed by atoms with Crippen LogP contribution in [0.25, 0.3) is 22.4 Å². The largest absolute Gasteiger partial charge is 0.497 e. The standard InChI is InChI=1S/C43H50N4O6/c1-4-24-44-43(48)50-30-41-40(52-36-17-15-35(49-3)16-18-36)20-19-37(53-41)23-27-51-46-31(2)21-25-47-26-22-39-34(29-47)28-38(32-11-7-5-8-12-32)42(45-39)33-13-9-6-10-14-33/h5-20,28,37,40-41H,4,21-27,29-30H2,1-3H3,(H,44,48)/t37-,40-,41+/m0/s1. The van der Waals surface area contributed by atoms with Gasteiger partial charge in [0.05, 0.1) is 24.6 Å². The number of nitrogens with zero attached hydrogens (tertiary/aromatic N) is 3. The Morgan fingerprint density at radius 1 is 0.981 bits per heavy atom. The molecule has 0 unspecified atom stereocenters. The quantitative estimate of drug-likeness (QED) is 0.0541. The Hall–Kier alpha value is -5.19. The number of alkyl carbamates (subject to hydrolysis) is 1. The Bertz CT molecular complexity index is 1820. The number of carbonyl (C=O) groups excluding carboxylic acids is 1. The van der Waals surface area contributed by atoms with Gasteiger partial charge in [-0.2, -0.15) is 0 Å². The molecule has 0 bridgehead atoms. The molecule has 10 nitrogen and oxygen atoms in total. The number of benzene rings is 3. The molecule has 0 saturated heterocycles. The molecule has 1 aromatic heterocycles. The minimum Gasteiger partial charge on any atom is -0.497 e. The summed E-state index contributed by atoms with van der Waals surface area (Å²) in [5.74, 6) is 1.40. The van der Waals surface area contributed by atoms with E-state index in [-0.39, 0.29) is 12.7 Å². The second-order valence-electron chi connectivity index (χ2n) is 13.3. The van der Waals surface area contributed by atoms with Gasteiger partial charge in [0.2, 0.25) is 0 Å². The van der Waals surface area contributed by atoms with Gasteiger partial charge in [-0.1, -0.05) is 78.8 Å². The number of pyridine rings is 1. The Balaban J connectivity index is 0.999. The van der Waals surface area contributed by atoms with Gasteiger partial charge in [-0.3, -0.25) is 9.88 Å². The first-order valence-electron chi connectivity index (χ1n) is 18.6. The van der Waals surface area contributed by atoms with Crippen LogP contribution in [0.3, 0.4) is 0 Å². The third kappa shape index (κ3) is 10.7. The van der Waals surface area contributed by atoms with E-state index in [0.717, 1.165) is 67.2 Å². The van der Waals surface area contributed by atoms with E-state index in [4.69, 9.17) is 28.8 Å². The normalized spacial score (nSPS) is 18.5. The van der Waals surface area contributed by atoms with Crippen LogP contribution in [0.2, 0.25) is 0 Å². The third-order valence-corrected chi connectivity index (χ3v) is 9.35. The molecule has 0 radical (unpaired) electrons. The highest BCUT2D eigenvalue weighted by Crippen LogP contribution is 2.34. The van der Waals surface area contributed by atoms with Crippen LogP contribution in [0, 0.1) is 0 Å². The first kappa shape index (κ1) is 37.6. The number of ether oxygens (including phenoxy) is 4. The van der Waals surface area contributed by atoms with Crippen LogP contribution in [0.15, 0.2) is 108 Å². The van der Waals surface area contributed by atoms with Gasteiger partial charge in [0.25, 0.3) is 0 Å². The maximum atomic E-state index is 12.2. The van der Waals surface area contributed by atoms with E-state index >= 15 is 0 Å². The number of nitrogens with one attached hydrogen (secondary N) is 1. The van der Waals surface area contributed by atoms with Gasteiger partial charge in [-0.15, -0.1) is 0 Å². The predicted octanol–water partition coefficient (Wildman–Crippen LogP) is 7.86. The second kappa shape index (κ2) is 19.0. The summed E-state index contributed by atoms with van der Waals surface area (Å²) in [5, 5.41) is 7.15. The molecule has 1 N–H and O–H groups in total. The maximum Gasteiger partial charge on any atom is 0.407 e. The second-order valence-corrected chi connectivity index (χ2v) is 13.3. The Morgan fingerprint density at radius 2 is 1.72 bits per heavy atom. The lowest BCUT2D eigenvalue weighted by Gasteiger charge is -2.32. The van der Waals surface area contributed by atoms with E-state index in [1.54, 1.807) is 7.11 Å². The van der Waals surface area contributed by atoms with Crippen molar-refractivity contribution in [3.8, 4) is 33.9 Å². The number of rotatable bonds is 16. The molecule has 53 heavy (non-hydrogen) atoms. The number of carbonyl (C=O) groups is 1. The number of oxime groups is 1. The van der Waals surface area contributed by atoms with Crippen molar-refractivity contribution in [1.29, 1.82) is 0 Å². The number of aromatic nitrogens is 1. The van der Waals surface area contributed by atoms with Crippen molar-refractivity contribution in [2.45, 2.75) is 64.4 Å². The first-order chi connectivity index (χ1) is 26.0. The Kier molecular flexibility index (Phi) is 13.5. The summed E-state index contributed by atoms with van der Waals surface area (Å²) in [7, 11) is 1.62. The summed E-state index contributed by atoms with van der Waals surface area (Å²) >= 11 is 0. The van der Waals surface area contributed by atoms with Crippen LogP contribution < -0.4 is 14.8 Å². The van der Waals surface area contributed by atoms with Gasteiger partial charge >= 0.3 is 6.09 Å². The molecule has 278 valence electrons. The summed E-state index contributed by atoms with van der Waals surface area (Å²) in [6, 6.07) is 30.7. The summed E-state index contributed by atoms with van der Waals surface area (Å²) in [4.78, 5) is 25.6. The van der Waals surface area contributed by atoms with Crippen LogP contribution in [0.1, 0.15) is 44.4 Å². The van der Waals surface area contributed by atoms with Gasteiger partial charge in [-0.25, -0.2) is 4.79 Å². The molecule has 0 aliphatic carbocycles. The average Bonchev–Trinajstić information content (AvgIpc) is 3.21. The summed E-state index contributed by atoms with van der Waals surface area (Å²) in [5.41, 5.74) is 7.92. The fraction of sp³-hybridized carbons (Fsp3) is 0.372. The summed E-state index contributed by atoms with van der Waals surface area (Å²) in [6.45, 7) is 7.66. The lowest BCUT2D eigenvalue weighted by Crippen LogP contribution is -2.43. The zero-order chi connectivity index (χ0) is 36.8.